The second kappa shape index (κ2) is 10.5. The first kappa shape index (κ1) is 23.1. The number of rotatable bonds is 8. The Morgan fingerprint density at radius 1 is 1.00 bits per heavy atom. The molecule has 7 nitrogen and oxygen atoms in total. The normalized spacial score (nSPS) is 11.9. The van der Waals surface area contributed by atoms with Crippen LogP contribution in [0.1, 0.15) is 37.9 Å². The van der Waals surface area contributed by atoms with Gasteiger partial charge in [-0.2, -0.15) is 0 Å². The monoisotopic (exact) mass is 414 g/mol. The molecule has 1 atom stereocenters. The molecule has 0 aromatic heterocycles. The molecule has 2 aromatic rings. The highest BCUT2D eigenvalue weighted by atomic mass is 16.6. The van der Waals surface area contributed by atoms with E-state index in [0.717, 1.165) is 11.1 Å². The minimum atomic E-state index is -0.634. The molecule has 30 heavy (non-hydrogen) atoms. The summed E-state index contributed by atoms with van der Waals surface area (Å²) in [4.78, 5) is 24.8. The van der Waals surface area contributed by atoms with E-state index in [9.17, 15) is 9.59 Å². The number of para-hydroxylation sites is 1. The molecule has 7 heteroatoms. The van der Waals surface area contributed by atoms with Gasteiger partial charge in [-0.05, 0) is 44.5 Å². The second-order valence-corrected chi connectivity index (χ2v) is 7.77. The summed E-state index contributed by atoms with van der Waals surface area (Å²) in [6.07, 6.45) is -0.372. The van der Waals surface area contributed by atoms with Gasteiger partial charge in [0, 0.05) is 12.1 Å². The summed E-state index contributed by atoms with van der Waals surface area (Å²) >= 11 is 0. The Balaban J connectivity index is 2.10. The van der Waals surface area contributed by atoms with Crippen molar-refractivity contribution in [3.8, 4) is 11.5 Å². The first-order chi connectivity index (χ1) is 14.2. The molecule has 0 bridgehead atoms. The van der Waals surface area contributed by atoms with Gasteiger partial charge in [0.1, 0.15) is 17.1 Å². The first-order valence-corrected chi connectivity index (χ1v) is 9.74. The molecule has 0 heterocycles. The third-order valence-electron chi connectivity index (χ3n) is 4.21. The lowest BCUT2D eigenvalue weighted by molar-refractivity contribution is -0.120. The lowest BCUT2D eigenvalue weighted by Crippen LogP contribution is -2.40. The van der Waals surface area contributed by atoms with Crippen molar-refractivity contribution < 1.29 is 23.8 Å². The lowest BCUT2D eigenvalue weighted by Gasteiger charge is -2.25. The van der Waals surface area contributed by atoms with Gasteiger partial charge in [-0.15, -0.1) is 0 Å². The number of nitrogens with one attached hydrogen (secondary N) is 2. The molecule has 0 aliphatic carbocycles. The Morgan fingerprint density at radius 3 is 2.40 bits per heavy atom. The standard InChI is InChI=1S/C23H30N2O5/c1-23(2,3)30-22(27)25-19(18-11-6-7-12-20(18)29-5)15-24-21(26)14-16-9-8-10-17(13-16)28-4/h6-13,19H,14-15H2,1-5H3,(H,24,26)(H,25,27). The molecule has 0 spiro atoms. The summed E-state index contributed by atoms with van der Waals surface area (Å²) in [6, 6.07) is 14.1. The molecule has 0 radical (unpaired) electrons. The maximum atomic E-state index is 12.5. The van der Waals surface area contributed by atoms with Crippen molar-refractivity contribution in [3.05, 3.63) is 59.7 Å². The van der Waals surface area contributed by atoms with Gasteiger partial charge in [-0.3, -0.25) is 4.79 Å². The van der Waals surface area contributed by atoms with E-state index < -0.39 is 17.7 Å². The number of benzene rings is 2. The zero-order chi connectivity index (χ0) is 22.1. The molecule has 0 aliphatic heterocycles. The van der Waals surface area contributed by atoms with Gasteiger partial charge >= 0.3 is 6.09 Å². The molecule has 0 aliphatic rings. The topological polar surface area (TPSA) is 85.9 Å². The van der Waals surface area contributed by atoms with Gasteiger partial charge in [-0.25, -0.2) is 4.79 Å². The molecule has 2 aromatic carbocycles. The molecule has 1 unspecified atom stereocenters. The number of carbonyl (C=O) groups is 2. The number of ether oxygens (including phenoxy) is 3. The first-order valence-electron chi connectivity index (χ1n) is 9.74. The minimum absolute atomic E-state index is 0.172. The quantitative estimate of drug-likeness (QED) is 0.689. The number of alkyl carbamates (subject to hydrolysis) is 1. The maximum absolute atomic E-state index is 12.5. The van der Waals surface area contributed by atoms with Gasteiger partial charge in [0.2, 0.25) is 5.91 Å². The third kappa shape index (κ3) is 7.31. The summed E-state index contributed by atoms with van der Waals surface area (Å²) < 4.78 is 16.0. The molecular weight excluding hydrogens is 384 g/mol. The van der Waals surface area contributed by atoms with Crippen LogP contribution < -0.4 is 20.1 Å². The van der Waals surface area contributed by atoms with Crippen LogP contribution in [0.25, 0.3) is 0 Å². The van der Waals surface area contributed by atoms with Crippen molar-refractivity contribution in [1.82, 2.24) is 10.6 Å². The number of methoxy groups -OCH3 is 2. The smallest absolute Gasteiger partial charge is 0.408 e. The summed E-state index contributed by atoms with van der Waals surface area (Å²) in [7, 11) is 3.14. The molecule has 0 saturated heterocycles. The molecule has 2 N–H and O–H groups in total. The average molecular weight is 415 g/mol. The average Bonchev–Trinajstić information content (AvgIpc) is 2.69. The number of carbonyl (C=O) groups excluding carboxylic acids is 2. The molecule has 162 valence electrons. The van der Waals surface area contributed by atoms with E-state index in [1.807, 2.05) is 42.5 Å². The third-order valence-corrected chi connectivity index (χ3v) is 4.21. The van der Waals surface area contributed by atoms with Crippen LogP contribution in [-0.4, -0.2) is 38.4 Å². The predicted molar refractivity (Wildman–Crippen MR) is 115 cm³/mol. The van der Waals surface area contributed by atoms with Crippen molar-refractivity contribution in [2.45, 2.75) is 38.8 Å². The van der Waals surface area contributed by atoms with E-state index in [2.05, 4.69) is 10.6 Å². The van der Waals surface area contributed by atoms with Crippen LogP contribution in [0.15, 0.2) is 48.5 Å². The summed E-state index contributed by atoms with van der Waals surface area (Å²) in [5, 5.41) is 5.71. The van der Waals surface area contributed by atoms with Gasteiger partial charge in [0.15, 0.2) is 0 Å². The Hall–Kier alpha value is -3.22. The predicted octanol–water partition coefficient (Wildman–Crippen LogP) is 3.63. The second-order valence-electron chi connectivity index (χ2n) is 7.77. The van der Waals surface area contributed by atoms with Crippen LogP contribution in [0.3, 0.4) is 0 Å². The summed E-state index contributed by atoms with van der Waals surface area (Å²) in [5.41, 5.74) is 0.943. The fraction of sp³-hybridized carbons (Fsp3) is 0.391. The van der Waals surface area contributed by atoms with Crippen LogP contribution in [0.2, 0.25) is 0 Å². The highest BCUT2D eigenvalue weighted by Gasteiger charge is 2.23. The Kier molecular flexibility index (Phi) is 8.09. The fourth-order valence-electron chi connectivity index (χ4n) is 2.89. The van der Waals surface area contributed by atoms with E-state index >= 15 is 0 Å². The van der Waals surface area contributed by atoms with E-state index in [4.69, 9.17) is 14.2 Å². The molecule has 2 rings (SSSR count). The number of amides is 2. The van der Waals surface area contributed by atoms with Gasteiger partial charge < -0.3 is 24.8 Å². The Morgan fingerprint density at radius 2 is 1.73 bits per heavy atom. The lowest BCUT2D eigenvalue weighted by atomic mass is 10.1. The molecule has 0 fully saturated rings. The van der Waals surface area contributed by atoms with Crippen molar-refractivity contribution in [3.63, 3.8) is 0 Å². The van der Waals surface area contributed by atoms with E-state index in [1.54, 1.807) is 41.1 Å². The number of hydrogen-bond acceptors (Lipinski definition) is 5. The van der Waals surface area contributed by atoms with Crippen molar-refractivity contribution in [2.24, 2.45) is 0 Å². The van der Waals surface area contributed by atoms with Crippen molar-refractivity contribution in [2.75, 3.05) is 20.8 Å². The zero-order valence-corrected chi connectivity index (χ0v) is 18.2. The van der Waals surface area contributed by atoms with Gasteiger partial charge in [-0.1, -0.05) is 30.3 Å². The van der Waals surface area contributed by atoms with Crippen LogP contribution >= 0.6 is 0 Å². The maximum Gasteiger partial charge on any atom is 0.408 e. The van der Waals surface area contributed by atoms with Crippen LogP contribution in [-0.2, 0) is 16.0 Å². The van der Waals surface area contributed by atoms with E-state index in [0.29, 0.717) is 11.5 Å². The zero-order valence-electron chi connectivity index (χ0n) is 18.2. The van der Waals surface area contributed by atoms with Crippen LogP contribution in [0.5, 0.6) is 11.5 Å². The summed E-state index contributed by atoms with van der Waals surface area (Å²) in [5.74, 6) is 1.13. The fourth-order valence-corrected chi connectivity index (χ4v) is 2.89. The van der Waals surface area contributed by atoms with Gasteiger partial charge in [0.25, 0.3) is 0 Å². The molecule has 0 saturated carbocycles. The highest BCUT2D eigenvalue weighted by molar-refractivity contribution is 5.79. The van der Waals surface area contributed by atoms with Crippen LogP contribution in [0.4, 0.5) is 4.79 Å². The SMILES string of the molecule is COc1cccc(CC(=O)NCC(NC(=O)OC(C)(C)C)c2ccccc2OC)c1. The van der Waals surface area contributed by atoms with Gasteiger partial charge in [0.05, 0.1) is 26.7 Å². The van der Waals surface area contributed by atoms with E-state index in [-0.39, 0.29) is 18.9 Å². The molecule has 2 amide bonds. The largest absolute Gasteiger partial charge is 0.497 e. The van der Waals surface area contributed by atoms with E-state index in [1.165, 1.54) is 0 Å². The number of hydrogen-bond donors (Lipinski definition) is 2. The summed E-state index contributed by atoms with van der Waals surface area (Å²) in [6.45, 7) is 5.56. The highest BCUT2D eigenvalue weighted by Crippen LogP contribution is 2.25. The minimum Gasteiger partial charge on any atom is -0.497 e. The Labute approximate surface area is 177 Å². The molecular formula is C23H30N2O5. The van der Waals surface area contributed by atoms with Crippen molar-refractivity contribution in [1.29, 1.82) is 0 Å². The van der Waals surface area contributed by atoms with Crippen LogP contribution in [0, 0.1) is 0 Å². The van der Waals surface area contributed by atoms with Crippen molar-refractivity contribution >= 4 is 12.0 Å². The Bertz CT molecular complexity index is 861.